The predicted octanol–water partition coefficient (Wildman–Crippen LogP) is 3.96. The zero-order valence-electron chi connectivity index (χ0n) is 13.6. The van der Waals surface area contributed by atoms with Crippen molar-refractivity contribution in [3.8, 4) is 0 Å². The van der Waals surface area contributed by atoms with E-state index in [2.05, 4.69) is 10.6 Å². The lowest BCUT2D eigenvalue weighted by molar-refractivity contribution is -0.127. The van der Waals surface area contributed by atoms with Crippen LogP contribution in [0.5, 0.6) is 0 Å². The van der Waals surface area contributed by atoms with Gasteiger partial charge in [0.25, 0.3) is 5.91 Å². The van der Waals surface area contributed by atoms with E-state index >= 15 is 0 Å². The summed E-state index contributed by atoms with van der Waals surface area (Å²) in [5.74, 6) is 0.759. The summed E-state index contributed by atoms with van der Waals surface area (Å²) in [6, 6.07) is 15.0. The lowest BCUT2D eigenvalue weighted by atomic mass is 9.97. The number of para-hydroxylation sites is 1. The second kappa shape index (κ2) is 6.61. The summed E-state index contributed by atoms with van der Waals surface area (Å²) in [5, 5.41) is 14.2. The number of nitrogens with one attached hydrogen (secondary N) is 2. The van der Waals surface area contributed by atoms with E-state index < -0.39 is 6.04 Å². The molecule has 0 bridgehead atoms. The molecule has 25 heavy (non-hydrogen) atoms. The van der Waals surface area contributed by atoms with Crippen LogP contribution in [-0.4, -0.2) is 21.8 Å². The van der Waals surface area contributed by atoms with Gasteiger partial charge in [-0.05, 0) is 17.9 Å². The van der Waals surface area contributed by atoms with Crippen LogP contribution in [0.2, 0.25) is 5.02 Å². The van der Waals surface area contributed by atoms with Crippen LogP contribution in [0.25, 0.3) is 0 Å². The summed E-state index contributed by atoms with van der Waals surface area (Å²) < 4.78 is 0. The highest BCUT2D eigenvalue weighted by Gasteiger charge is 2.42. The Bertz CT molecular complexity index is 856. The van der Waals surface area contributed by atoms with E-state index in [0.29, 0.717) is 10.2 Å². The largest absolute Gasteiger partial charge is 0.360 e. The summed E-state index contributed by atoms with van der Waals surface area (Å²) in [6.07, 6.45) is -0.313. The Morgan fingerprint density at radius 2 is 1.88 bits per heavy atom. The molecule has 0 fully saturated rings. The molecule has 0 saturated heterocycles. The molecule has 5 nitrogen and oxygen atoms in total. The van der Waals surface area contributed by atoms with E-state index in [4.69, 9.17) is 16.7 Å². The van der Waals surface area contributed by atoms with E-state index in [9.17, 15) is 4.79 Å². The topological polar surface area (TPSA) is 56.7 Å². The number of hydrogen-bond donors (Lipinski definition) is 2. The summed E-state index contributed by atoms with van der Waals surface area (Å²) in [4.78, 5) is 12.8. The highest BCUT2D eigenvalue weighted by atomic mass is 35.5. The first-order chi connectivity index (χ1) is 12.2. The van der Waals surface area contributed by atoms with Crippen LogP contribution >= 0.6 is 23.4 Å². The number of anilines is 1. The maximum Gasteiger partial charge on any atom is 0.255 e. The molecule has 2 N–H and O–H groups in total. The number of amidine groups is 1. The van der Waals surface area contributed by atoms with Crippen molar-refractivity contribution in [1.82, 2.24) is 10.3 Å². The number of amides is 1. The molecule has 2 aliphatic rings. The molecular weight excluding hydrogens is 356 g/mol. The molecule has 2 aromatic carbocycles. The molecule has 0 radical (unpaired) electrons. The van der Waals surface area contributed by atoms with Gasteiger partial charge in [-0.15, -0.1) is 5.10 Å². The smallest absolute Gasteiger partial charge is 0.255 e. The number of fused-ring (bicyclic) bond motifs is 3. The SMILES string of the molecule is CCSC1=NN2[C@H](C(=O)N1)c1ccccc1N[C@H]2c1ccccc1Cl. The monoisotopic (exact) mass is 372 g/mol. The third kappa shape index (κ3) is 2.85. The van der Waals surface area contributed by atoms with E-state index in [0.717, 1.165) is 22.6 Å². The lowest BCUT2D eigenvalue weighted by Crippen LogP contribution is -2.51. The Morgan fingerprint density at radius 1 is 1.16 bits per heavy atom. The minimum atomic E-state index is -0.486. The number of halogens is 1. The number of carbonyl (C=O) groups is 1. The average Bonchev–Trinajstić information content (AvgIpc) is 2.61. The van der Waals surface area contributed by atoms with Crippen molar-refractivity contribution in [3.05, 3.63) is 64.7 Å². The summed E-state index contributed by atoms with van der Waals surface area (Å²) in [6.45, 7) is 2.03. The van der Waals surface area contributed by atoms with Gasteiger partial charge in [0.2, 0.25) is 0 Å². The van der Waals surface area contributed by atoms with Crippen LogP contribution in [0.4, 0.5) is 5.69 Å². The molecule has 0 aromatic heterocycles. The highest BCUT2D eigenvalue weighted by molar-refractivity contribution is 8.13. The van der Waals surface area contributed by atoms with E-state index in [1.54, 1.807) is 0 Å². The molecule has 0 unspecified atom stereocenters. The standard InChI is InChI=1S/C18H17ClN4OS/c1-2-25-18-21-17(24)15-12-8-4-6-10-14(12)20-16(23(15)22-18)11-7-3-5-9-13(11)19/h3-10,15-16,20H,2H2,1H3,(H,21,22,24)/t15-,16+/m0/s1. The minimum absolute atomic E-state index is 0.0723. The lowest BCUT2D eigenvalue weighted by Gasteiger charge is -2.43. The second-order valence-corrected chi connectivity index (χ2v) is 7.43. The summed E-state index contributed by atoms with van der Waals surface area (Å²) >= 11 is 7.94. The van der Waals surface area contributed by atoms with Gasteiger partial charge in [-0.2, -0.15) is 0 Å². The molecule has 4 rings (SSSR count). The van der Waals surface area contributed by atoms with Gasteiger partial charge in [-0.1, -0.05) is 66.7 Å². The molecular formula is C18H17ClN4OS. The van der Waals surface area contributed by atoms with Crippen LogP contribution in [-0.2, 0) is 4.79 Å². The van der Waals surface area contributed by atoms with Gasteiger partial charge in [0, 0.05) is 21.8 Å². The number of hydrazone groups is 1. The zero-order valence-corrected chi connectivity index (χ0v) is 15.1. The van der Waals surface area contributed by atoms with Gasteiger partial charge in [0.1, 0.15) is 6.17 Å². The Kier molecular flexibility index (Phi) is 4.31. The van der Waals surface area contributed by atoms with Crippen LogP contribution in [0, 0.1) is 0 Å². The Labute approximate surface area is 155 Å². The number of thioether (sulfide) groups is 1. The first kappa shape index (κ1) is 16.3. The predicted molar refractivity (Wildman–Crippen MR) is 103 cm³/mol. The Morgan fingerprint density at radius 3 is 2.64 bits per heavy atom. The van der Waals surface area contributed by atoms with Gasteiger partial charge in [0.15, 0.2) is 11.2 Å². The normalized spacial score (nSPS) is 21.6. The van der Waals surface area contributed by atoms with E-state index in [1.807, 2.05) is 60.5 Å². The quantitative estimate of drug-likeness (QED) is 0.837. The third-order valence-corrected chi connectivity index (χ3v) is 5.33. The van der Waals surface area contributed by atoms with Crippen LogP contribution < -0.4 is 10.6 Å². The van der Waals surface area contributed by atoms with Crippen LogP contribution in [0.15, 0.2) is 53.6 Å². The Hall–Kier alpha value is -2.18. The Balaban J connectivity index is 1.86. The van der Waals surface area contributed by atoms with Crippen molar-refractivity contribution in [2.24, 2.45) is 5.10 Å². The molecule has 0 aliphatic carbocycles. The van der Waals surface area contributed by atoms with Gasteiger partial charge >= 0.3 is 0 Å². The molecule has 0 saturated carbocycles. The van der Waals surface area contributed by atoms with Gasteiger partial charge in [-0.3, -0.25) is 9.80 Å². The second-order valence-electron chi connectivity index (χ2n) is 5.77. The van der Waals surface area contributed by atoms with Crippen LogP contribution in [0.1, 0.15) is 30.3 Å². The molecule has 2 aromatic rings. The fraction of sp³-hybridized carbons (Fsp3) is 0.222. The number of carbonyl (C=O) groups excluding carboxylic acids is 1. The number of benzene rings is 2. The van der Waals surface area contributed by atoms with Gasteiger partial charge in [0.05, 0.1) is 0 Å². The van der Waals surface area contributed by atoms with Crippen molar-refractivity contribution in [2.45, 2.75) is 19.1 Å². The molecule has 128 valence electrons. The first-order valence-electron chi connectivity index (χ1n) is 8.09. The van der Waals surface area contributed by atoms with Crippen molar-refractivity contribution < 1.29 is 4.79 Å². The summed E-state index contributed by atoms with van der Waals surface area (Å²) in [5.41, 5.74) is 2.72. The molecule has 2 atom stereocenters. The number of nitrogens with zero attached hydrogens (tertiary/aromatic N) is 2. The van der Waals surface area contributed by atoms with Gasteiger partial charge < -0.3 is 10.6 Å². The fourth-order valence-electron chi connectivity index (χ4n) is 3.17. The third-order valence-electron chi connectivity index (χ3n) is 4.24. The molecule has 1 amide bonds. The van der Waals surface area contributed by atoms with Crippen LogP contribution in [0.3, 0.4) is 0 Å². The molecule has 2 aliphatic heterocycles. The van der Waals surface area contributed by atoms with E-state index in [1.165, 1.54) is 11.8 Å². The van der Waals surface area contributed by atoms with Gasteiger partial charge in [-0.25, -0.2) is 0 Å². The first-order valence-corrected chi connectivity index (χ1v) is 9.46. The average molecular weight is 373 g/mol. The van der Waals surface area contributed by atoms with Crippen molar-refractivity contribution >= 4 is 40.1 Å². The maximum absolute atomic E-state index is 12.8. The number of hydrogen-bond acceptors (Lipinski definition) is 5. The van der Waals surface area contributed by atoms with Crippen molar-refractivity contribution in [3.63, 3.8) is 0 Å². The van der Waals surface area contributed by atoms with E-state index in [-0.39, 0.29) is 12.1 Å². The highest BCUT2D eigenvalue weighted by Crippen LogP contribution is 2.43. The molecule has 2 heterocycles. The molecule has 0 spiro atoms. The minimum Gasteiger partial charge on any atom is -0.360 e. The van der Waals surface area contributed by atoms with Crippen molar-refractivity contribution in [2.75, 3.05) is 11.1 Å². The maximum atomic E-state index is 12.8. The fourth-order valence-corrected chi connectivity index (χ4v) is 4.01. The van der Waals surface area contributed by atoms with Crippen molar-refractivity contribution in [1.29, 1.82) is 0 Å². The summed E-state index contributed by atoms with van der Waals surface area (Å²) in [7, 11) is 0. The molecule has 7 heteroatoms. The zero-order chi connectivity index (χ0) is 17.4. The number of rotatable bonds is 2.